The van der Waals surface area contributed by atoms with Crippen LogP contribution >= 0.6 is 0 Å². The Hall–Kier alpha value is -3.35. The fraction of sp³-hybridized carbons (Fsp3) is 0.111. The summed E-state index contributed by atoms with van der Waals surface area (Å²) < 4.78 is 23.3. The fourth-order valence-corrected chi connectivity index (χ4v) is 4.05. The second-order valence-corrected chi connectivity index (χ2v) is 9.47. The van der Waals surface area contributed by atoms with Crippen molar-refractivity contribution < 1.29 is 8.42 Å². The minimum Gasteiger partial charge on any atom is -0.224 e. The Bertz CT molecular complexity index is 1340. The number of fused-ring (bicyclic) bond motifs is 1. The molecule has 0 aliphatic rings. The van der Waals surface area contributed by atoms with Gasteiger partial charge in [0.2, 0.25) is 0 Å². The number of rotatable bonds is 4. The molecule has 0 bridgehead atoms. The van der Waals surface area contributed by atoms with Gasteiger partial charge < -0.3 is 0 Å². The minimum absolute atomic E-state index is 0.350. The molecule has 0 unspecified atom stereocenters. The van der Waals surface area contributed by atoms with E-state index in [9.17, 15) is 8.42 Å². The van der Waals surface area contributed by atoms with Crippen molar-refractivity contribution in [2.24, 2.45) is 0 Å². The zero-order valence-corrected chi connectivity index (χ0v) is 17.6. The maximum Gasteiger partial charge on any atom is 0.175 e. The molecule has 2 nitrogen and oxygen atoms in total. The van der Waals surface area contributed by atoms with E-state index in [-0.39, 0.29) is 0 Å². The molecule has 4 rings (SSSR count). The lowest BCUT2D eigenvalue weighted by atomic mass is 10.00. The molecule has 0 saturated carbocycles. The molecule has 0 heterocycles. The standard InChI is InChI=1S/C27H22O2S/c1-30(28,29)27-16-12-23(13-17-27)18-24-11-15-25-14-10-22(19-26(25)20-24)9-5-8-21-6-3-2-4-7-21/h2-4,6-7,10-17,19-20H,8,18H2,1H3. The maximum atomic E-state index is 11.6. The zero-order chi connectivity index (χ0) is 21.0. The highest BCUT2D eigenvalue weighted by Crippen LogP contribution is 2.20. The Morgan fingerprint density at radius 2 is 1.40 bits per heavy atom. The van der Waals surface area contributed by atoms with Crippen molar-refractivity contribution in [3.8, 4) is 11.8 Å². The first-order valence-electron chi connectivity index (χ1n) is 9.82. The Kier molecular flexibility index (Phi) is 5.70. The summed E-state index contributed by atoms with van der Waals surface area (Å²) >= 11 is 0. The summed E-state index contributed by atoms with van der Waals surface area (Å²) in [7, 11) is -3.16. The van der Waals surface area contributed by atoms with Gasteiger partial charge in [0.15, 0.2) is 9.84 Å². The molecule has 0 spiro atoms. The largest absolute Gasteiger partial charge is 0.224 e. The van der Waals surface area contributed by atoms with Gasteiger partial charge in [0.05, 0.1) is 4.90 Å². The Balaban J connectivity index is 1.53. The highest BCUT2D eigenvalue weighted by Gasteiger charge is 2.06. The molecule has 0 amide bonds. The van der Waals surface area contributed by atoms with Crippen LogP contribution in [0.5, 0.6) is 0 Å². The van der Waals surface area contributed by atoms with Gasteiger partial charge in [0.25, 0.3) is 0 Å². The third kappa shape index (κ3) is 4.97. The van der Waals surface area contributed by atoms with Gasteiger partial charge in [-0.1, -0.05) is 78.6 Å². The van der Waals surface area contributed by atoms with Gasteiger partial charge in [0.1, 0.15) is 0 Å². The van der Waals surface area contributed by atoms with Crippen LogP contribution in [0.4, 0.5) is 0 Å². The lowest BCUT2D eigenvalue weighted by Gasteiger charge is -2.06. The van der Waals surface area contributed by atoms with E-state index in [4.69, 9.17) is 0 Å². The molecule has 0 atom stereocenters. The SMILES string of the molecule is CS(=O)(=O)c1ccc(Cc2ccc3ccc(C#CCc4ccccc4)cc3c2)cc1. The molecule has 4 aromatic carbocycles. The number of hydrogen-bond acceptors (Lipinski definition) is 2. The van der Waals surface area contributed by atoms with E-state index in [0.717, 1.165) is 29.4 Å². The predicted octanol–water partition coefficient (Wildman–Crippen LogP) is 5.43. The average Bonchev–Trinajstić information content (AvgIpc) is 2.74. The second-order valence-electron chi connectivity index (χ2n) is 7.45. The van der Waals surface area contributed by atoms with Gasteiger partial charge in [-0.25, -0.2) is 8.42 Å². The summed E-state index contributed by atoms with van der Waals surface area (Å²) in [6.07, 6.45) is 2.72. The molecule has 0 N–H and O–H groups in total. The number of hydrogen-bond donors (Lipinski definition) is 0. The van der Waals surface area contributed by atoms with E-state index in [1.54, 1.807) is 12.1 Å². The molecule has 0 fully saturated rings. The average molecular weight is 411 g/mol. The Morgan fingerprint density at radius 3 is 2.13 bits per heavy atom. The monoisotopic (exact) mass is 410 g/mol. The molecule has 0 saturated heterocycles. The summed E-state index contributed by atoms with van der Waals surface area (Å²) in [5.41, 5.74) is 4.49. The summed E-state index contributed by atoms with van der Waals surface area (Å²) in [6.45, 7) is 0. The van der Waals surface area contributed by atoms with E-state index in [2.05, 4.69) is 60.4 Å². The van der Waals surface area contributed by atoms with Crippen LogP contribution < -0.4 is 0 Å². The second kappa shape index (κ2) is 8.57. The number of benzene rings is 4. The molecular formula is C27H22O2S. The van der Waals surface area contributed by atoms with Crippen LogP contribution in [0, 0.1) is 11.8 Å². The van der Waals surface area contributed by atoms with Gasteiger partial charge in [-0.05, 0) is 58.1 Å². The molecule has 3 heteroatoms. The van der Waals surface area contributed by atoms with Crippen LogP contribution in [-0.4, -0.2) is 14.7 Å². The molecule has 0 aliphatic heterocycles. The summed E-state index contributed by atoms with van der Waals surface area (Å²) in [5.74, 6) is 6.52. The third-order valence-electron chi connectivity index (χ3n) is 5.03. The van der Waals surface area contributed by atoms with Crippen molar-refractivity contribution in [2.75, 3.05) is 6.26 Å². The zero-order valence-electron chi connectivity index (χ0n) is 16.8. The van der Waals surface area contributed by atoms with Gasteiger partial charge in [-0.15, -0.1) is 0 Å². The van der Waals surface area contributed by atoms with Crippen molar-refractivity contribution >= 4 is 20.6 Å². The number of sulfone groups is 1. The van der Waals surface area contributed by atoms with E-state index < -0.39 is 9.84 Å². The molecule has 4 aromatic rings. The topological polar surface area (TPSA) is 34.1 Å². The fourth-order valence-electron chi connectivity index (χ4n) is 3.42. The van der Waals surface area contributed by atoms with Crippen molar-refractivity contribution in [1.82, 2.24) is 0 Å². The first-order valence-corrected chi connectivity index (χ1v) is 11.7. The molecule has 148 valence electrons. The Labute approximate surface area is 178 Å². The quantitative estimate of drug-likeness (QED) is 0.421. The third-order valence-corrected chi connectivity index (χ3v) is 6.16. The van der Waals surface area contributed by atoms with Crippen LogP contribution in [0.25, 0.3) is 10.8 Å². The lowest BCUT2D eigenvalue weighted by molar-refractivity contribution is 0.602. The van der Waals surface area contributed by atoms with Crippen LogP contribution in [0.2, 0.25) is 0 Å². The van der Waals surface area contributed by atoms with E-state index in [1.165, 1.54) is 22.8 Å². The predicted molar refractivity (Wildman–Crippen MR) is 123 cm³/mol. The molecular weight excluding hydrogens is 388 g/mol. The van der Waals surface area contributed by atoms with Crippen LogP contribution in [0.1, 0.15) is 22.3 Å². The lowest BCUT2D eigenvalue weighted by Crippen LogP contribution is -1.97. The molecule has 0 aromatic heterocycles. The smallest absolute Gasteiger partial charge is 0.175 e. The van der Waals surface area contributed by atoms with E-state index in [1.807, 2.05) is 30.3 Å². The molecule has 0 aliphatic carbocycles. The first-order chi connectivity index (χ1) is 14.5. The van der Waals surface area contributed by atoms with Gasteiger partial charge in [-0.3, -0.25) is 0 Å². The van der Waals surface area contributed by atoms with Gasteiger partial charge in [0, 0.05) is 18.2 Å². The van der Waals surface area contributed by atoms with E-state index in [0.29, 0.717) is 4.90 Å². The summed E-state index contributed by atoms with van der Waals surface area (Å²) in [4.78, 5) is 0.350. The van der Waals surface area contributed by atoms with Crippen LogP contribution in [-0.2, 0) is 22.7 Å². The Morgan fingerprint density at radius 1 is 0.700 bits per heavy atom. The van der Waals surface area contributed by atoms with Crippen molar-refractivity contribution in [3.63, 3.8) is 0 Å². The van der Waals surface area contributed by atoms with Gasteiger partial charge >= 0.3 is 0 Å². The van der Waals surface area contributed by atoms with Crippen LogP contribution in [0.3, 0.4) is 0 Å². The van der Waals surface area contributed by atoms with E-state index >= 15 is 0 Å². The highest BCUT2D eigenvalue weighted by atomic mass is 32.2. The normalized spacial score (nSPS) is 11.1. The van der Waals surface area contributed by atoms with Crippen LogP contribution in [0.15, 0.2) is 95.9 Å². The first kappa shape index (κ1) is 19.9. The van der Waals surface area contributed by atoms with Crippen molar-refractivity contribution in [3.05, 3.63) is 113 Å². The molecule has 0 radical (unpaired) electrons. The molecule has 30 heavy (non-hydrogen) atoms. The summed E-state index contributed by atoms with van der Waals surface area (Å²) in [5, 5.41) is 2.34. The maximum absolute atomic E-state index is 11.6. The van der Waals surface area contributed by atoms with Gasteiger partial charge in [-0.2, -0.15) is 0 Å². The summed E-state index contributed by atoms with van der Waals surface area (Å²) in [6, 6.07) is 30.1. The van der Waals surface area contributed by atoms with Crippen molar-refractivity contribution in [1.29, 1.82) is 0 Å². The van der Waals surface area contributed by atoms with Crippen molar-refractivity contribution in [2.45, 2.75) is 17.7 Å². The highest BCUT2D eigenvalue weighted by molar-refractivity contribution is 7.90. The minimum atomic E-state index is -3.16.